The normalized spacial score (nSPS) is 10.8. The Bertz CT molecular complexity index is 317. The molecule has 0 aliphatic rings. The summed E-state index contributed by atoms with van der Waals surface area (Å²) >= 11 is 2.28. The van der Waals surface area contributed by atoms with Gasteiger partial charge in [-0.1, -0.05) is 13.8 Å². The van der Waals surface area contributed by atoms with E-state index in [9.17, 15) is 0 Å². The molecule has 0 saturated heterocycles. The molecule has 0 aliphatic heterocycles. The van der Waals surface area contributed by atoms with Crippen LogP contribution in [0.3, 0.4) is 0 Å². The Morgan fingerprint density at radius 1 is 1.50 bits per heavy atom. The second kappa shape index (κ2) is 7.01. The van der Waals surface area contributed by atoms with Gasteiger partial charge < -0.3 is 10.2 Å². The van der Waals surface area contributed by atoms with Crippen LogP contribution < -0.4 is 10.2 Å². The summed E-state index contributed by atoms with van der Waals surface area (Å²) in [6, 6.07) is 0.531. The van der Waals surface area contributed by atoms with Gasteiger partial charge in [0, 0.05) is 31.9 Å². The molecule has 0 aromatic carbocycles. The van der Waals surface area contributed by atoms with Crippen molar-refractivity contribution in [1.82, 2.24) is 15.3 Å². The van der Waals surface area contributed by atoms with Crippen molar-refractivity contribution in [2.45, 2.75) is 26.8 Å². The standard InChI is InChI=1S/C11H19IN4/c1-4-16(6-5-14-9(2)3)11-10(12)7-13-8-15-11/h7-9,14H,4-6H2,1-3H3. The van der Waals surface area contributed by atoms with E-state index in [1.165, 1.54) is 0 Å². The monoisotopic (exact) mass is 334 g/mol. The van der Waals surface area contributed by atoms with Gasteiger partial charge in [0.15, 0.2) is 0 Å². The van der Waals surface area contributed by atoms with Crippen LogP contribution in [0.15, 0.2) is 12.5 Å². The van der Waals surface area contributed by atoms with E-state index >= 15 is 0 Å². The molecule has 0 atom stereocenters. The van der Waals surface area contributed by atoms with E-state index in [0.29, 0.717) is 6.04 Å². The highest BCUT2D eigenvalue weighted by molar-refractivity contribution is 14.1. The van der Waals surface area contributed by atoms with Gasteiger partial charge in [-0.3, -0.25) is 0 Å². The lowest BCUT2D eigenvalue weighted by atomic mass is 10.4. The van der Waals surface area contributed by atoms with E-state index in [1.807, 2.05) is 6.20 Å². The van der Waals surface area contributed by atoms with Gasteiger partial charge in [-0.2, -0.15) is 0 Å². The van der Waals surface area contributed by atoms with Crippen LogP contribution in [-0.4, -0.2) is 35.6 Å². The Morgan fingerprint density at radius 2 is 2.25 bits per heavy atom. The van der Waals surface area contributed by atoms with E-state index in [0.717, 1.165) is 29.0 Å². The molecule has 1 N–H and O–H groups in total. The molecule has 0 fully saturated rings. The Morgan fingerprint density at radius 3 is 2.81 bits per heavy atom. The average molecular weight is 334 g/mol. The minimum atomic E-state index is 0.531. The van der Waals surface area contributed by atoms with Crippen molar-refractivity contribution in [2.75, 3.05) is 24.5 Å². The van der Waals surface area contributed by atoms with Crippen LogP contribution in [0.2, 0.25) is 0 Å². The van der Waals surface area contributed by atoms with E-state index in [4.69, 9.17) is 0 Å². The summed E-state index contributed by atoms with van der Waals surface area (Å²) in [6.45, 7) is 9.38. The molecule has 5 heteroatoms. The molecule has 4 nitrogen and oxygen atoms in total. The molecule has 1 aromatic heterocycles. The molecule has 90 valence electrons. The summed E-state index contributed by atoms with van der Waals surface area (Å²) in [4.78, 5) is 10.6. The molecule has 0 bridgehead atoms. The van der Waals surface area contributed by atoms with Gasteiger partial charge in [-0.25, -0.2) is 9.97 Å². The molecule has 16 heavy (non-hydrogen) atoms. The summed E-state index contributed by atoms with van der Waals surface area (Å²) in [5.41, 5.74) is 0. The number of hydrogen-bond donors (Lipinski definition) is 1. The number of halogens is 1. The number of nitrogens with one attached hydrogen (secondary N) is 1. The zero-order valence-electron chi connectivity index (χ0n) is 10.1. The molecule has 1 heterocycles. The third-order valence-electron chi connectivity index (χ3n) is 2.26. The fourth-order valence-corrected chi connectivity index (χ4v) is 2.08. The first kappa shape index (κ1) is 13.6. The second-order valence-electron chi connectivity index (χ2n) is 3.88. The Balaban J connectivity index is 2.57. The summed E-state index contributed by atoms with van der Waals surface area (Å²) in [5.74, 6) is 1.03. The largest absolute Gasteiger partial charge is 0.355 e. The molecular weight excluding hydrogens is 315 g/mol. The summed E-state index contributed by atoms with van der Waals surface area (Å²) < 4.78 is 1.10. The summed E-state index contributed by atoms with van der Waals surface area (Å²) in [7, 11) is 0. The van der Waals surface area contributed by atoms with Gasteiger partial charge >= 0.3 is 0 Å². The zero-order chi connectivity index (χ0) is 12.0. The van der Waals surface area contributed by atoms with Crippen molar-refractivity contribution in [3.63, 3.8) is 0 Å². The Hall–Kier alpha value is -0.430. The molecule has 0 unspecified atom stereocenters. The Labute approximate surface area is 111 Å². The fourth-order valence-electron chi connectivity index (χ4n) is 1.44. The average Bonchev–Trinajstić information content (AvgIpc) is 2.25. The molecular formula is C11H19IN4. The predicted molar refractivity (Wildman–Crippen MR) is 75.8 cm³/mol. The van der Waals surface area contributed by atoms with E-state index in [2.05, 4.69) is 63.5 Å². The number of aromatic nitrogens is 2. The van der Waals surface area contributed by atoms with E-state index in [-0.39, 0.29) is 0 Å². The van der Waals surface area contributed by atoms with E-state index < -0.39 is 0 Å². The third kappa shape index (κ3) is 4.21. The highest BCUT2D eigenvalue weighted by Crippen LogP contribution is 2.17. The number of anilines is 1. The maximum atomic E-state index is 4.33. The maximum Gasteiger partial charge on any atom is 0.145 e. The smallest absolute Gasteiger partial charge is 0.145 e. The van der Waals surface area contributed by atoms with Gasteiger partial charge in [0.1, 0.15) is 12.1 Å². The lowest BCUT2D eigenvalue weighted by molar-refractivity contribution is 0.582. The van der Waals surface area contributed by atoms with Crippen LogP contribution in [0.5, 0.6) is 0 Å². The highest BCUT2D eigenvalue weighted by atomic mass is 127. The number of rotatable bonds is 6. The number of likely N-dealkylation sites (N-methyl/N-ethyl adjacent to an activating group) is 1. The fraction of sp³-hybridized carbons (Fsp3) is 0.636. The lowest BCUT2D eigenvalue weighted by Gasteiger charge is -2.23. The van der Waals surface area contributed by atoms with Crippen LogP contribution >= 0.6 is 22.6 Å². The van der Waals surface area contributed by atoms with Gasteiger partial charge in [0.25, 0.3) is 0 Å². The quantitative estimate of drug-likeness (QED) is 0.807. The topological polar surface area (TPSA) is 41.0 Å². The van der Waals surface area contributed by atoms with Crippen LogP contribution in [-0.2, 0) is 0 Å². The number of nitrogens with zero attached hydrogens (tertiary/aromatic N) is 3. The molecule has 1 rings (SSSR count). The van der Waals surface area contributed by atoms with Crippen molar-refractivity contribution in [1.29, 1.82) is 0 Å². The number of hydrogen-bond acceptors (Lipinski definition) is 4. The van der Waals surface area contributed by atoms with Crippen LogP contribution in [0.1, 0.15) is 20.8 Å². The van der Waals surface area contributed by atoms with Crippen molar-refractivity contribution >= 4 is 28.4 Å². The van der Waals surface area contributed by atoms with Crippen molar-refractivity contribution < 1.29 is 0 Å². The molecule has 0 aliphatic carbocycles. The van der Waals surface area contributed by atoms with E-state index in [1.54, 1.807) is 6.33 Å². The first-order chi connectivity index (χ1) is 7.65. The zero-order valence-corrected chi connectivity index (χ0v) is 12.2. The highest BCUT2D eigenvalue weighted by Gasteiger charge is 2.09. The van der Waals surface area contributed by atoms with Gasteiger partial charge in [0.05, 0.1) is 3.57 Å². The van der Waals surface area contributed by atoms with Crippen molar-refractivity contribution in [2.24, 2.45) is 0 Å². The molecule has 0 spiro atoms. The molecule has 1 aromatic rings. The van der Waals surface area contributed by atoms with Gasteiger partial charge in [-0.15, -0.1) is 0 Å². The lowest BCUT2D eigenvalue weighted by Crippen LogP contribution is -2.35. The molecule has 0 amide bonds. The first-order valence-corrected chi connectivity index (χ1v) is 6.66. The van der Waals surface area contributed by atoms with Crippen LogP contribution in [0, 0.1) is 3.57 Å². The maximum absolute atomic E-state index is 4.33. The van der Waals surface area contributed by atoms with Crippen molar-refractivity contribution in [3.8, 4) is 0 Å². The van der Waals surface area contributed by atoms with Gasteiger partial charge in [-0.05, 0) is 29.5 Å². The predicted octanol–water partition coefficient (Wildman–Crippen LogP) is 1.91. The van der Waals surface area contributed by atoms with Crippen LogP contribution in [0.25, 0.3) is 0 Å². The molecule has 0 radical (unpaired) electrons. The first-order valence-electron chi connectivity index (χ1n) is 5.59. The second-order valence-corrected chi connectivity index (χ2v) is 5.04. The van der Waals surface area contributed by atoms with Crippen LogP contribution in [0.4, 0.5) is 5.82 Å². The molecule has 0 saturated carbocycles. The minimum absolute atomic E-state index is 0.531. The summed E-state index contributed by atoms with van der Waals surface area (Å²) in [5, 5.41) is 3.41. The summed E-state index contributed by atoms with van der Waals surface area (Å²) in [6.07, 6.45) is 3.46. The Kier molecular flexibility index (Phi) is 5.97. The minimum Gasteiger partial charge on any atom is -0.355 e. The van der Waals surface area contributed by atoms with Crippen molar-refractivity contribution in [3.05, 3.63) is 16.1 Å². The van der Waals surface area contributed by atoms with Gasteiger partial charge in [0.2, 0.25) is 0 Å². The third-order valence-corrected chi connectivity index (χ3v) is 3.02. The SMILES string of the molecule is CCN(CCNC(C)C)c1ncncc1I.